The average Bonchev–Trinajstić information content (AvgIpc) is 2.41. The zero-order valence-electron chi connectivity index (χ0n) is 16.8. The second-order valence-electron chi connectivity index (χ2n) is 7.34. The SMILES string of the molecule is ClC(Cl)(Cl)C(C(C(C(Cl)(Cl)Cl)(C(Cl)(Cl)Cl)C(Cl)(Cl)Cl)C(C(Cl)(Cl)Cl)(C(Cl)(Cl)Cl)C(Cl)(Cl)Cl)(C(Cl)(Cl)Cl)C(Cl)(Cl)Cl. The molecule has 0 rings (SSSR count). The van der Waals surface area contributed by atoms with Gasteiger partial charge in [-0.05, 0) is 0 Å². The van der Waals surface area contributed by atoms with Gasteiger partial charge in [0.05, 0.1) is 0 Å². The van der Waals surface area contributed by atoms with Crippen LogP contribution in [0.2, 0.25) is 0 Å². The molecule has 0 fully saturated rings. The zero-order chi connectivity index (χ0) is 33.6. The highest BCUT2D eigenvalue weighted by Crippen LogP contribution is 2.88. The third kappa shape index (κ3) is 8.07. The summed E-state index contributed by atoms with van der Waals surface area (Å²) in [5.41, 5.74) is -11.1. The molecule has 0 radical (unpaired) electrons. The van der Waals surface area contributed by atoms with E-state index in [1.54, 1.807) is 0 Å². The topological polar surface area (TPSA) is 0 Å². The molecule has 0 heterocycles. The van der Waals surface area contributed by atoms with Crippen LogP contribution in [0.5, 0.6) is 0 Å². The quantitative estimate of drug-likeness (QED) is 0.247. The monoisotopic (exact) mass is 1100 g/mol. The van der Waals surface area contributed by atoms with E-state index in [0.29, 0.717) is 0 Å². The van der Waals surface area contributed by atoms with Crippen molar-refractivity contribution in [3.63, 3.8) is 0 Å². The molecule has 0 unspecified atom stereocenters. The molecular weight excluding hydrogens is 1110 g/mol. The molecule has 40 heavy (non-hydrogen) atoms. The zero-order valence-corrected chi connectivity index (χ0v) is 37.2. The first-order valence-corrected chi connectivity index (χ1v) is 18.4. The fourth-order valence-electron chi connectivity index (χ4n) is 3.89. The molecule has 0 aromatic rings. The summed E-state index contributed by atoms with van der Waals surface area (Å²) in [7, 11) is 0. The summed E-state index contributed by atoms with van der Waals surface area (Å²) in [6, 6.07) is 0. The summed E-state index contributed by atoms with van der Waals surface area (Å²) in [6.45, 7) is 0. The summed E-state index contributed by atoms with van der Waals surface area (Å²) in [4.78, 5) is 0. The maximum atomic E-state index is 6.38. The van der Waals surface area contributed by atoms with E-state index >= 15 is 0 Å². The first-order valence-electron chi connectivity index (χ1n) is 8.22. The van der Waals surface area contributed by atoms with Crippen LogP contribution in [0.1, 0.15) is 0 Å². The fourth-order valence-corrected chi connectivity index (χ4v) is 18.4. The van der Waals surface area contributed by atoms with Gasteiger partial charge >= 0.3 is 0 Å². The van der Waals surface area contributed by atoms with Crippen LogP contribution >= 0.6 is 313 Å². The summed E-state index contributed by atoms with van der Waals surface area (Å²) < 4.78 is -30.7. The Morgan fingerprint density at radius 2 is 0.250 bits per heavy atom. The van der Waals surface area contributed by atoms with Crippen molar-refractivity contribution in [3.8, 4) is 0 Å². The van der Waals surface area contributed by atoms with Crippen molar-refractivity contribution >= 4 is 313 Å². The van der Waals surface area contributed by atoms with E-state index in [2.05, 4.69) is 0 Å². The molecular formula is C13HCl27. The van der Waals surface area contributed by atoms with Crippen LogP contribution in [0.25, 0.3) is 0 Å². The van der Waals surface area contributed by atoms with Gasteiger partial charge in [0.25, 0.3) is 0 Å². The van der Waals surface area contributed by atoms with E-state index < -0.39 is 56.3 Å². The summed E-state index contributed by atoms with van der Waals surface area (Å²) in [5.74, 6) is -3.21. The minimum atomic E-state index is -3.69. The molecule has 0 aliphatic heterocycles. The lowest BCUT2D eigenvalue weighted by molar-refractivity contribution is -0.0698. The van der Waals surface area contributed by atoms with Crippen molar-refractivity contribution in [3.05, 3.63) is 0 Å². The number of hydrogen-bond donors (Lipinski definition) is 0. The minimum absolute atomic E-state index is 3.21. The van der Waals surface area contributed by atoms with Crippen LogP contribution in [0.15, 0.2) is 0 Å². The molecule has 27 heteroatoms. The highest BCUT2D eigenvalue weighted by atomic mass is 35.6. The van der Waals surface area contributed by atoms with Crippen molar-refractivity contribution in [2.45, 2.75) is 34.1 Å². The predicted molar refractivity (Wildman–Crippen MR) is 193 cm³/mol. The van der Waals surface area contributed by atoms with Crippen molar-refractivity contribution < 1.29 is 0 Å². The molecule has 242 valence electrons. The number of halogens is 27. The standard InChI is InChI=1S/C13HCl27/c14-5(15,16)2(6(17,18)19,7(20,21)22)1(3(8(23,24)25,9(26,27)28)10(29,30)31)4(11(32,33)34,12(35,36)37)13(38,39)40/h1H. The summed E-state index contributed by atoms with van der Waals surface area (Å²) in [5, 5.41) is 0. The van der Waals surface area contributed by atoms with Crippen molar-refractivity contribution in [2.24, 2.45) is 22.2 Å². The van der Waals surface area contributed by atoms with Gasteiger partial charge in [-0.2, -0.15) is 0 Å². The second-order valence-corrected chi connectivity index (χ2v) is 27.9. The Hall–Kier alpha value is 7.83. The third-order valence-corrected chi connectivity index (χ3v) is 13.4. The molecule has 0 nitrogen and oxygen atoms in total. The molecule has 0 aromatic heterocycles. The van der Waals surface area contributed by atoms with Crippen LogP contribution in [-0.2, 0) is 0 Å². The Morgan fingerprint density at radius 3 is 0.300 bits per heavy atom. The Bertz CT molecular complexity index is 652. The summed E-state index contributed by atoms with van der Waals surface area (Å²) >= 11 is 172. The highest BCUT2D eigenvalue weighted by Gasteiger charge is 2.93. The van der Waals surface area contributed by atoms with Gasteiger partial charge in [-0.3, -0.25) is 0 Å². The maximum absolute atomic E-state index is 6.38. The Morgan fingerprint density at radius 1 is 0.175 bits per heavy atom. The van der Waals surface area contributed by atoms with E-state index in [-0.39, 0.29) is 0 Å². The number of hydrogen-bond acceptors (Lipinski definition) is 0. The van der Waals surface area contributed by atoms with Gasteiger partial charge in [-0.25, -0.2) is 0 Å². The van der Waals surface area contributed by atoms with E-state index in [9.17, 15) is 0 Å². The smallest absolute Gasteiger partial charge is 0.0827 e. The molecule has 0 atom stereocenters. The van der Waals surface area contributed by atoms with Gasteiger partial charge in [0.2, 0.25) is 34.1 Å². The molecule has 0 aliphatic rings. The highest BCUT2D eigenvalue weighted by molar-refractivity contribution is 6.82. The van der Waals surface area contributed by atoms with E-state index in [1.807, 2.05) is 0 Å². The molecule has 0 amide bonds. The van der Waals surface area contributed by atoms with E-state index in [4.69, 9.17) is 313 Å². The van der Waals surface area contributed by atoms with Gasteiger partial charge in [-0.1, -0.05) is 313 Å². The van der Waals surface area contributed by atoms with Crippen LogP contribution < -0.4 is 0 Å². The van der Waals surface area contributed by atoms with E-state index in [0.717, 1.165) is 0 Å². The maximum Gasteiger partial charge on any atom is 0.204 e. The van der Waals surface area contributed by atoms with Crippen molar-refractivity contribution in [1.82, 2.24) is 0 Å². The second kappa shape index (κ2) is 14.3. The van der Waals surface area contributed by atoms with Gasteiger partial charge in [0.15, 0.2) is 0 Å². The third-order valence-electron chi connectivity index (χ3n) is 5.32. The Balaban J connectivity index is 10.1. The van der Waals surface area contributed by atoms with Gasteiger partial charge in [-0.15, -0.1) is 0 Å². The molecule has 0 saturated heterocycles. The predicted octanol–water partition coefficient (Wildman–Crippen LogP) is 16.9. The van der Waals surface area contributed by atoms with Crippen LogP contribution in [0, 0.1) is 22.2 Å². The van der Waals surface area contributed by atoms with Gasteiger partial charge < -0.3 is 0 Å². The summed E-state index contributed by atoms with van der Waals surface area (Å²) in [6.07, 6.45) is 0. The first kappa shape index (κ1) is 47.8. The molecule has 0 aromatic carbocycles. The molecule has 0 saturated carbocycles. The number of alkyl halides is 27. The van der Waals surface area contributed by atoms with Gasteiger partial charge in [0.1, 0.15) is 16.2 Å². The van der Waals surface area contributed by atoms with Crippen LogP contribution in [-0.4, -0.2) is 34.1 Å². The number of rotatable bonds is 3. The fraction of sp³-hybridized carbons (Fsp3) is 1.00. The molecule has 0 spiro atoms. The lowest BCUT2D eigenvalue weighted by Crippen LogP contribution is -2.80. The normalized spacial score (nSPS) is 17.1. The van der Waals surface area contributed by atoms with Crippen molar-refractivity contribution in [1.29, 1.82) is 0 Å². The Labute approximate surface area is 363 Å². The average molecular weight is 1110 g/mol. The van der Waals surface area contributed by atoms with Crippen LogP contribution in [0.3, 0.4) is 0 Å². The van der Waals surface area contributed by atoms with E-state index in [1.165, 1.54) is 0 Å². The van der Waals surface area contributed by atoms with Crippen molar-refractivity contribution in [2.75, 3.05) is 0 Å². The molecule has 0 bridgehead atoms. The molecule has 0 aliphatic carbocycles. The van der Waals surface area contributed by atoms with Gasteiger partial charge in [0, 0.05) is 5.92 Å². The Kier molecular flexibility index (Phi) is 17.1. The first-order chi connectivity index (χ1) is 16.6. The van der Waals surface area contributed by atoms with Crippen LogP contribution in [0.4, 0.5) is 0 Å². The molecule has 0 N–H and O–H groups in total. The largest absolute Gasteiger partial charge is 0.204 e. The lowest BCUT2D eigenvalue weighted by Gasteiger charge is -2.70. The lowest BCUT2D eigenvalue weighted by atomic mass is 9.53. The minimum Gasteiger partial charge on any atom is -0.0827 e.